The quantitative estimate of drug-likeness (QED) is 0.854. The smallest absolute Gasteiger partial charge is 0.346 e. The molecule has 1 aliphatic rings. The molecule has 3 rings (SSSR count). The van der Waals surface area contributed by atoms with Gasteiger partial charge in [-0.3, -0.25) is 4.68 Å². The van der Waals surface area contributed by atoms with Gasteiger partial charge in [0.05, 0.1) is 12.2 Å². The highest BCUT2D eigenvalue weighted by molar-refractivity contribution is 7.15. The summed E-state index contributed by atoms with van der Waals surface area (Å²) in [7, 11) is 0. The van der Waals surface area contributed by atoms with Crippen molar-refractivity contribution in [3.63, 3.8) is 0 Å². The zero-order valence-corrected chi connectivity index (χ0v) is 11.4. The van der Waals surface area contributed by atoms with E-state index in [1.54, 1.807) is 6.20 Å². The van der Waals surface area contributed by atoms with Gasteiger partial charge >= 0.3 is 6.18 Å². The van der Waals surface area contributed by atoms with Crippen LogP contribution in [0.3, 0.4) is 0 Å². The second-order valence-corrected chi connectivity index (χ2v) is 5.74. The highest BCUT2D eigenvalue weighted by Crippen LogP contribution is 2.37. The van der Waals surface area contributed by atoms with Crippen LogP contribution in [-0.4, -0.2) is 27.9 Å². The van der Waals surface area contributed by atoms with E-state index in [4.69, 9.17) is 0 Å². The molecular formula is C12H13F3N4S. The van der Waals surface area contributed by atoms with Crippen molar-refractivity contribution in [3.8, 4) is 0 Å². The number of hydrogen-bond acceptors (Lipinski definition) is 4. The van der Waals surface area contributed by atoms with E-state index in [1.807, 2.05) is 21.8 Å². The Labute approximate surface area is 117 Å². The van der Waals surface area contributed by atoms with Crippen LogP contribution in [0.2, 0.25) is 0 Å². The Morgan fingerprint density at radius 1 is 1.35 bits per heavy atom. The van der Waals surface area contributed by atoms with E-state index >= 15 is 0 Å². The first-order chi connectivity index (χ1) is 9.54. The Bertz CT molecular complexity index is 564. The molecule has 2 aromatic rings. The maximum Gasteiger partial charge on any atom is 0.427 e. The topological polar surface area (TPSA) is 34.0 Å². The number of rotatable bonds is 2. The summed E-state index contributed by atoms with van der Waals surface area (Å²) in [5, 5.41) is 4.64. The van der Waals surface area contributed by atoms with Gasteiger partial charge in [0.1, 0.15) is 4.88 Å². The van der Waals surface area contributed by atoms with Crippen molar-refractivity contribution in [2.45, 2.75) is 25.1 Å². The van der Waals surface area contributed by atoms with Crippen molar-refractivity contribution in [1.29, 1.82) is 0 Å². The SMILES string of the molecule is FC(F)(F)c1cnc(N2CCCC(n3cccn3)C2)s1. The number of hydrogen-bond donors (Lipinski definition) is 0. The van der Waals surface area contributed by atoms with Crippen molar-refractivity contribution in [1.82, 2.24) is 14.8 Å². The van der Waals surface area contributed by atoms with Gasteiger partial charge in [0.15, 0.2) is 5.13 Å². The van der Waals surface area contributed by atoms with Gasteiger partial charge in [0, 0.05) is 25.5 Å². The molecule has 0 spiro atoms. The third-order valence-electron chi connectivity index (χ3n) is 3.34. The van der Waals surface area contributed by atoms with E-state index in [0.717, 1.165) is 25.6 Å². The Morgan fingerprint density at radius 3 is 2.85 bits per heavy atom. The second-order valence-electron chi connectivity index (χ2n) is 4.73. The fraction of sp³-hybridized carbons (Fsp3) is 0.500. The van der Waals surface area contributed by atoms with Crippen molar-refractivity contribution in [2.24, 2.45) is 0 Å². The summed E-state index contributed by atoms with van der Waals surface area (Å²) >= 11 is 0.706. The molecule has 0 saturated carbocycles. The number of aromatic nitrogens is 3. The molecule has 1 fully saturated rings. The van der Waals surface area contributed by atoms with Crippen LogP contribution >= 0.6 is 11.3 Å². The van der Waals surface area contributed by atoms with Crippen LogP contribution in [0.5, 0.6) is 0 Å². The number of piperidine rings is 1. The van der Waals surface area contributed by atoms with Crippen LogP contribution in [0.25, 0.3) is 0 Å². The predicted octanol–water partition coefficient (Wildman–Crippen LogP) is 3.20. The van der Waals surface area contributed by atoms with Crippen LogP contribution in [0.15, 0.2) is 24.7 Å². The molecule has 3 heterocycles. The lowest BCUT2D eigenvalue weighted by atomic mass is 10.1. The number of alkyl halides is 3. The van der Waals surface area contributed by atoms with Crippen molar-refractivity contribution < 1.29 is 13.2 Å². The molecule has 2 aromatic heterocycles. The Kier molecular flexibility index (Phi) is 3.41. The second kappa shape index (κ2) is 5.08. The van der Waals surface area contributed by atoms with Crippen LogP contribution in [0, 0.1) is 0 Å². The zero-order chi connectivity index (χ0) is 14.2. The lowest BCUT2D eigenvalue weighted by Gasteiger charge is -2.32. The zero-order valence-electron chi connectivity index (χ0n) is 10.5. The molecule has 4 nitrogen and oxygen atoms in total. The van der Waals surface area contributed by atoms with Gasteiger partial charge in [-0.15, -0.1) is 0 Å². The van der Waals surface area contributed by atoms with Gasteiger partial charge in [-0.05, 0) is 18.9 Å². The molecule has 8 heteroatoms. The van der Waals surface area contributed by atoms with Crippen LogP contribution < -0.4 is 4.90 Å². The molecule has 1 unspecified atom stereocenters. The predicted molar refractivity (Wildman–Crippen MR) is 69.8 cm³/mol. The van der Waals surface area contributed by atoms with Gasteiger partial charge in [-0.25, -0.2) is 4.98 Å². The molecular weight excluding hydrogens is 289 g/mol. The molecule has 0 aliphatic carbocycles. The molecule has 0 N–H and O–H groups in total. The molecule has 0 aromatic carbocycles. The Morgan fingerprint density at radius 2 is 2.20 bits per heavy atom. The number of anilines is 1. The summed E-state index contributed by atoms with van der Waals surface area (Å²) in [6, 6.07) is 2.04. The van der Waals surface area contributed by atoms with E-state index in [0.29, 0.717) is 23.0 Å². The summed E-state index contributed by atoms with van der Waals surface area (Å²) in [6.07, 6.45) is 2.10. The minimum Gasteiger partial charge on any atom is -0.346 e. The summed E-state index contributed by atoms with van der Waals surface area (Å²) in [5.74, 6) is 0. The van der Waals surface area contributed by atoms with Gasteiger partial charge in [0.2, 0.25) is 0 Å². The average Bonchev–Trinajstić information content (AvgIpc) is 3.10. The monoisotopic (exact) mass is 302 g/mol. The number of thiazole rings is 1. The van der Waals surface area contributed by atoms with Crippen LogP contribution in [0.1, 0.15) is 23.8 Å². The average molecular weight is 302 g/mol. The summed E-state index contributed by atoms with van der Waals surface area (Å²) in [6.45, 7) is 1.38. The maximum absolute atomic E-state index is 12.6. The highest BCUT2D eigenvalue weighted by Gasteiger charge is 2.34. The van der Waals surface area contributed by atoms with E-state index in [9.17, 15) is 13.2 Å². The third kappa shape index (κ3) is 2.65. The third-order valence-corrected chi connectivity index (χ3v) is 4.44. The molecule has 108 valence electrons. The van der Waals surface area contributed by atoms with Crippen molar-refractivity contribution >= 4 is 16.5 Å². The van der Waals surface area contributed by atoms with Crippen LogP contribution in [-0.2, 0) is 6.18 Å². The van der Waals surface area contributed by atoms with Gasteiger partial charge in [-0.2, -0.15) is 18.3 Å². The minimum atomic E-state index is -4.31. The summed E-state index contributed by atoms with van der Waals surface area (Å²) in [5.41, 5.74) is 0. The molecule has 1 aliphatic heterocycles. The lowest BCUT2D eigenvalue weighted by Crippen LogP contribution is -2.36. The maximum atomic E-state index is 12.6. The number of halogens is 3. The summed E-state index contributed by atoms with van der Waals surface area (Å²) in [4.78, 5) is 5.18. The largest absolute Gasteiger partial charge is 0.427 e. The van der Waals surface area contributed by atoms with Gasteiger partial charge in [0.25, 0.3) is 0 Å². The fourth-order valence-corrected chi connectivity index (χ4v) is 3.20. The van der Waals surface area contributed by atoms with E-state index in [2.05, 4.69) is 10.1 Å². The van der Waals surface area contributed by atoms with E-state index < -0.39 is 11.1 Å². The Hall–Kier alpha value is -1.57. The standard InChI is InChI=1S/C12H13F3N4S/c13-12(14,15)10-7-16-11(20-10)18-5-1-3-9(8-18)19-6-2-4-17-19/h2,4,6-7,9H,1,3,5,8H2. The Balaban J connectivity index is 1.75. The molecule has 0 amide bonds. The van der Waals surface area contributed by atoms with Crippen molar-refractivity contribution in [2.75, 3.05) is 18.0 Å². The summed E-state index contributed by atoms with van der Waals surface area (Å²) < 4.78 is 39.7. The van der Waals surface area contributed by atoms with Crippen LogP contribution in [0.4, 0.5) is 18.3 Å². The van der Waals surface area contributed by atoms with E-state index in [-0.39, 0.29) is 6.04 Å². The molecule has 0 radical (unpaired) electrons. The van der Waals surface area contributed by atoms with Crippen molar-refractivity contribution in [3.05, 3.63) is 29.5 Å². The molecule has 1 saturated heterocycles. The molecule has 0 bridgehead atoms. The first-order valence-corrected chi connectivity index (χ1v) is 7.13. The lowest BCUT2D eigenvalue weighted by molar-refractivity contribution is -0.134. The molecule has 20 heavy (non-hydrogen) atoms. The minimum absolute atomic E-state index is 0.192. The first kappa shape index (κ1) is 13.4. The van der Waals surface area contributed by atoms with E-state index in [1.165, 1.54) is 0 Å². The first-order valence-electron chi connectivity index (χ1n) is 6.31. The van der Waals surface area contributed by atoms with Gasteiger partial charge in [-0.1, -0.05) is 11.3 Å². The molecule has 1 atom stereocenters. The number of nitrogens with zero attached hydrogens (tertiary/aromatic N) is 4. The normalized spacial score (nSPS) is 20.4. The highest BCUT2D eigenvalue weighted by atomic mass is 32.1. The van der Waals surface area contributed by atoms with Gasteiger partial charge < -0.3 is 4.90 Å². The fourth-order valence-electron chi connectivity index (χ4n) is 2.38.